The van der Waals surface area contributed by atoms with Crippen LogP contribution in [0.2, 0.25) is 0 Å². The largest absolute Gasteiger partial charge is 0.481 e. The van der Waals surface area contributed by atoms with Gasteiger partial charge in [-0.25, -0.2) is 0 Å². The van der Waals surface area contributed by atoms with Gasteiger partial charge in [-0.2, -0.15) is 0 Å². The molecule has 0 aromatic rings. The molecule has 2 fully saturated rings. The lowest BCUT2D eigenvalue weighted by Crippen LogP contribution is -2.39. The van der Waals surface area contributed by atoms with Gasteiger partial charge in [0.05, 0.1) is 18.6 Å². The van der Waals surface area contributed by atoms with E-state index in [1.54, 1.807) is 11.0 Å². The minimum Gasteiger partial charge on any atom is -0.481 e. The molecular formula is C13H17NO4. The molecular weight excluding hydrogens is 234 g/mol. The van der Waals surface area contributed by atoms with Crippen molar-refractivity contribution in [2.45, 2.75) is 25.6 Å². The maximum Gasteiger partial charge on any atom is 0.310 e. The number of aliphatic carboxylic acids is 1. The first-order chi connectivity index (χ1) is 8.44. The van der Waals surface area contributed by atoms with E-state index < -0.39 is 29.5 Å². The van der Waals surface area contributed by atoms with E-state index in [9.17, 15) is 14.7 Å². The topological polar surface area (TPSA) is 66.8 Å². The zero-order valence-corrected chi connectivity index (χ0v) is 10.5. The number of carboxylic acid groups (broad SMARTS) is 1. The zero-order chi connectivity index (χ0) is 13.1. The summed E-state index contributed by atoms with van der Waals surface area (Å²) in [5.41, 5.74) is -0.681. The van der Waals surface area contributed by atoms with Crippen LogP contribution in [-0.4, -0.2) is 46.7 Å². The fourth-order valence-corrected chi connectivity index (χ4v) is 3.46. The molecule has 18 heavy (non-hydrogen) atoms. The lowest BCUT2D eigenvalue weighted by atomic mass is 9.77. The highest BCUT2D eigenvalue weighted by Gasteiger charge is 2.66. The average Bonchev–Trinajstić information content (AvgIpc) is 2.87. The van der Waals surface area contributed by atoms with Crippen LogP contribution in [0.15, 0.2) is 12.2 Å². The third kappa shape index (κ3) is 1.37. The first kappa shape index (κ1) is 11.7. The highest BCUT2D eigenvalue weighted by Crippen LogP contribution is 2.51. The van der Waals surface area contributed by atoms with Crippen LogP contribution in [-0.2, 0) is 14.3 Å². The number of fused-ring (bicyclic) bond motifs is 1. The van der Waals surface area contributed by atoms with Gasteiger partial charge in [0.2, 0.25) is 5.91 Å². The van der Waals surface area contributed by atoms with Gasteiger partial charge < -0.3 is 14.7 Å². The summed E-state index contributed by atoms with van der Waals surface area (Å²) in [6, 6.07) is 0. The second kappa shape index (κ2) is 3.57. The number of nitrogens with zero attached hydrogens (tertiary/aromatic N) is 1. The van der Waals surface area contributed by atoms with E-state index >= 15 is 0 Å². The van der Waals surface area contributed by atoms with Crippen LogP contribution in [0.1, 0.15) is 13.8 Å². The molecule has 3 aliphatic rings. The van der Waals surface area contributed by atoms with Gasteiger partial charge >= 0.3 is 5.97 Å². The highest BCUT2D eigenvalue weighted by molar-refractivity contribution is 5.90. The van der Waals surface area contributed by atoms with Crippen LogP contribution >= 0.6 is 0 Å². The number of amides is 1. The third-order valence-electron chi connectivity index (χ3n) is 4.05. The SMILES string of the molecule is CC(C)CN1C[C@@]23C=C[C@@H](O2)C(C(=O)O)[C@H]3C1=O. The van der Waals surface area contributed by atoms with Crippen LogP contribution in [0.5, 0.6) is 0 Å². The Morgan fingerprint density at radius 3 is 3.00 bits per heavy atom. The van der Waals surface area contributed by atoms with Crippen molar-refractivity contribution in [2.24, 2.45) is 17.8 Å². The number of hydrogen-bond donors (Lipinski definition) is 1. The fraction of sp³-hybridized carbons (Fsp3) is 0.692. The summed E-state index contributed by atoms with van der Waals surface area (Å²) < 4.78 is 5.79. The summed E-state index contributed by atoms with van der Waals surface area (Å²) >= 11 is 0. The molecule has 3 heterocycles. The molecule has 3 rings (SSSR count). The number of hydrogen-bond acceptors (Lipinski definition) is 3. The number of carbonyl (C=O) groups is 2. The number of rotatable bonds is 3. The van der Waals surface area contributed by atoms with Crippen molar-refractivity contribution >= 4 is 11.9 Å². The predicted octanol–water partition coefficient (Wildman–Crippen LogP) is 0.509. The summed E-state index contributed by atoms with van der Waals surface area (Å²) in [5.74, 6) is -1.89. The molecule has 2 saturated heterocycles. The Balaban J connectivity index is 1.92. The first-order valence-corrected chi connectivity index (χ1v) is 6.33. The van der Waals surface area contributed by atoms with Crippen molar-refractivity contribution in [3.05, 3.63) is 12.2 Å². The quantitative estimate of drug-likeness (QED) is 0.742. The van der Waals surface area contributed by atoms with Crippen molar-refractivity contribution in [3.63, 3.8) is 0 Å². The maximum absolute atomic E-state index is 12.4. The van der Waals surface area contributed by atoms with Crippen molar-refractivity contribution < 1.29 is 19.4 Å². The van der Waals surface area contributed by atoms with Gasteiger partial charge in [0.15, 0.2) is 0 Å². The van der Waals surface area contributed by atoms with Gasteiger partial charge in [-0.05, 0) is 5.92 Å². The summed E-state index contributed by atoms with van der Waals surface area (Å²) in [7, 11) is 0. The average molecular weight is 251 g/mol. The number of likely N-dealkylation sites (tertiary alicyclic amines) is 1. The van der Waals surface area contributed by atoms with Crippen LogP contribution in [0.25, 0.3) is 0 Å². The standard InChI is InChI=1S/C13H17NO4/c1-7(2)5-14-6-13-4-3-8(18-13)9(12(16)17)10(13)11(14)15/h3-4,7-10H,5-6H2,1-2H3,(H,16,17)/t8-,9?,10+,13-/m1/s1. The lowest BCUT2D eigenvalue weighted by molar-refractivity contribution is -0.148. The molecule has 98 valence electrons. The minimum atomic E-state index is -0.934. The Labute approximate surface area is 105 Å². The minimum absolute atomic E-state index is 0.0667. The number of ether oxygens (including phenoxy) is 1. The molecule has 1 spiro atoms. The van der Waals surface area contributed by atoms with E-state index in [1.165, 1.54) is 0 Å². The molecule has 4 atom stereocenters. The van der Waals surface area contributed by atoms with Crippen molar-refractivity contribution in [3.8, 4) is 0 Å². The summed E-state index contributed by atoms with van der Waals surface area (Å²) in [4.78, 5) is 25.4. The van der Waals surface area contributed by atoms with E-state index in [2.05, 4.69) is 0 Å². The van der Waals surface area contributed by atoms with Crippen molar-refractivity contribution in [1.82, 2.24) is 4.90 Å². The van der Waals surface area contributed by atoms with Gasteiger partial charge in [-0.3, -0.25) is 9.59 Å². The smallest absolute Gasteiger partial charge is 0.310 e. The first-order valence-electron chi connectivity index (χ1n) is 6.33. The monoisotopic (exact) mass is 251 g/mol. The molecule has 3 aliphatic heterocycles. The summed E-state index contributed by atoms with van der Waals surface area (Å²) in [6.07, 6.45) is 3.25. The molecule has 1 N–H and O–H groups in total. The summed E-state index contributed by atoms with van der Waals surface area (Å²) in [6.45, 7) is 5.24. The van der Waals surface area contributed by atoms with Gasteiger partial charge in [0, 0.05) is 6.54 Å². The normalized spacial score (nSPS) is 40.9. The number of carbonyl (C=O) groups excluding carboxylic acids is 1. The van der Waals surface area contributed by atoms with Gasteiger partial charge in [0.1, 0.15) is 11.5 Å². The third-order valence-corrected chi connectivity index (χ3v) is 4.05. The fourth-order valence-electron chi connectivity index (χ4n) is 3.46. The second-order valence-electron chi connectivity index (χ2n) is 5.85. The van der Waals surface area contributed by atoms with E-state index in [0.717, 1.165) is 0 Å². The predicted molar refractivity (Wildman–Crippen MR) is 62.8 cm³/mol. The molecule has 2 bridgehead atoms. The zero-order valence-electron chi connectivity index (χ0n) is 10.5. The lowest BCUT2D eigenvalue weighted by Gasteiger charge is -2.22. The Kier molecular flexibility index (Phi) is 2.32. The van der Waals surface area contributed by atoms with Crippen LogP contribution in [0, 0.1) is 17.8 Å². The molecule has 1 unspecified atom stereocenters. The van der Waals surface area contributed by atoms with E-state index in [1.807, 2.05) is 19.9 Å². The van der Waals surface area contributed by atoms with Crippen LogP contribution in [0.3, 0.4) is 0 Å². The molecule has 1 amide bonds. The Morgan fingerprint density at radius 2 is 2.39 bits per heavy atom. The van der Waals surface area contributed by atoms with E-state index in [0.29, 0.717) is 19.0 Å². The molecule has 0 radical (unpaired) electrons. The molecule has 5 heteroatoms. The molecule has 0 aromatic heterocycles. The molecule has 0 saturated carbocycles. The summed E-state index contributed by atoms with van der Waals surface area (Å²) in [5, 5.41) is 9.28. The van der Waals surface area contributed by atoms with Crippen molar-refractivity contribution in [1.29, 1.82) is 0 Å². The molecule has 5 nitrogen and oxygen atoms in total. The Morgan fingerprint density at radius 1 is 1.67 bits per heavy atom. The van der Waals surface area contributed by atoms with Crippen molar-refractivity contribution in [2.75, 3.05) is 13.1 Å². The number of carboxylic acids is 1. The Hall–Kier alpha value is -1.36. The van der Waals surface area contributed by atoms with E-state index in [-0.39, 0.29) is 5.91 Å². The molecule has 0 aliphatic carbocycles. The van der Waals surface area contributed by atoms with Crippen LogP contribution in [0.4, 0.5) is 0 Å². The van der Waals surface area contributed by atoms with Gasteiger partial charge in [-0.15, -0.1) is 0 Å². The van der Waals surface area contributed by atoms with E-state index in [4.69, 9.17) is 4.74 Å². The molecule has 0 aromatic carbocycles. The second-order valence-corrected chi connectivity index (χ2v) is 5.85. The van der Waals surface area contributed by atoms with Crippen LogP contribution < -0.4 is 0 Å². The Bertz CT molecular complexity index is 444. The maximum atomic E-state index is 12.4. The highest BCUT2D eigenvalue weighted by atomic mass is 16.5. The van der Waals surface area contributed by atoms with Gasteiger partial charge in [0.25, 0.3) is 0 Å². The van der Waals surface area contributed by atoms with Gasteiger partial charge in [-0.1, -0.05) is 26.0 Å².